The SMILES string of the molecule is CC(C)[C@H](CO)Nc1nc(NCc2cccc(Cl)c2)cc(-c2cccnc2)n1. The van der Waals surface area contributed by atoms with E-state index in [4.69, 9.17) is 11.6 Å². The summed E-state index contributed by atoms with van der Waals surface area (Å²) in [7, 11) is 0. The molecular weight excluding hydrogens is 374 g/mol. The van der Waals surface area contributed by atoms with Crippen molar-refractivity contribution in [2.24, 2.45) is 5.92 Å². The van der Waals surface area contributed by atoms with Crippen LogP contribution in [0, 0.1) is 5.92 Å². The number of hydrogen-bond donors (Lipinski definition) is 3. The lowest BCUT2D eigenvalue weighted by Gasteiger charge is -2.20. The number of aromatic nitrogens is 3. The summed E-state index contributed by atoms with van der Waals surface area (Å²) in [5, 5.41) is 16.9. The van der Waals surface area contributed by atoms with Crippen LogP contribution in [-0.2, 0) is 6.54 Å². The van der Waals surface area contributed by atoms with Gasteiger partial charge in [-0.25, -0.2) is 4.98 Å². The Morgan fingerprint density at radius 2 is 1.96 bits per heavy atom. The normalized spacial score (nSPS) is 12.0. The molecule has 146 valence electrons. The van der Waals surface area contributed by atoms with Crippen molar-refractivity contribution in [2.75, 3.05) is 17.2 Å². The molecule has 28 heavy (non-hydrogen) atoms. The van der Waals surface area contributed by atoms with Crippen molar-refractivity contribution in [3.63, 3.8) is 0 Å². The van der Waals surface area contributed by atoms with Gasteiger partial charge in [0.25, 0.3) is 0 Å². The molecule has 3 rings (SSSR count). The van der Waals surface area contributed by atoms with E-state index in [2.05, 4.69) is 25.6 Å². The summed E-state index contributed by atoms with van der Waals surface area (Å²) in [6.45, 7) is 4.66. The average Bonchev–Trinajstić information content (AvgIpc) is 2.71. The summed E-state index contributed by atoms with van der Waals surface area (Å²) in [6, 6.07) is 13.3. The third-order valence-electron chi connectivity index (χ3n) is 4.36. The van der Waals surface area contributed by atoms with E-state index in [1.165, 1.54) is 0 Å². The molecule has 0 unspecified atom stereocenters. The Kier molecular flexibility index (Phi) is 6.79. The molecule has 2 heterocycles. The number of benzene rings is 1. The van der Waals surface area contributed by atoms with Crippen LogP contribution in [0.4, 0.5) is 11.8 Å². The number of nitrogens with one attached hydrogen (secondary N) is 2. The zero-order chi connectivity index (χ0) is 19.9. The van der Waals surface area contributed by atoms with Gasteiger partial charge in [-0.1, -0.05) is 37.6 Å². The molecule has 0 saturated carbocycles. The van der Waals surface area contributed by atoms with Crippen LogP contribution in [0.25, 0.3) is 11.3 Å². The third-order valence-corrected chi connectivity index (χ3v) is 4.60. The molecule has 6 nitrogen and oxygen atoms in total. The summed E-state index contributed by atoms with van der Waals surface area (Å²) in [5.41, 5.74) is 2.70. The molecule has 3 N–H and O–H groups in total. The van der Waals surface area contributed by atoms with E-state index in [1.54, 1.807) is 12.4 Å². The van der Waals surface area contributed by atoms with E-state index in [9.17, 15) is 5.11 Å². The molecule has 3 aromatic rings. The Labute approximate surface area is 170 Å². The molecule has 0 amide bonds. The fourth-order valence-electron chi connectivity index (χ4n) is 2.69. The summed E-state index contributed by atoms with van der Waals surface area (Å²) < 4.78 is 0. The Bertz CT molecular complexity index is 904. The third kappa shape index (κ3) is 5.41. The quantitative estimate of drug-likeness (QED) is 0.527. The van der Waals surface area contributed by atoms with Gasteiger partial charge in [0.2, 0.25) is 5.95 Å². The number of nitrogens with zero attached hydrogens (tertiary/aromatic N) is 3. The van der Waals surface area contributed by atoms with Crippen molar-refractivity contribution >= 4 is 23.4 Å². The molecule has 2 aromatic heterocycles. The maximum atomic E-state index is 9.64. The van der Waals surface area contributed by atoms with E-state index < -0.39 is 0 Å². The van der Waals surface area contributed by atoms with E-state index in [0.717, 1.165) is 16.8 Å². The maximum Gasteiger partial charge on any atom is 0.225 e. The molecule has 0 aliphatic rings. The van der Waals surface area contributed by atoms with Crippen LogP contribution in [-0.4, -0.2) is 32.7 Å². The Morgan fingerprint density at radius 3 is 2.64 bits per heavy atom. The number of hydrogen-bond acceptors (Lipinski definition) is 6. The summed E-state index contributed by atoms with van der Waals surface area (Å²) in [4.78, 5) is 13.4. The molecule has 0 spiro atoms. The predicted octanol–water partition coefficient (Wildman–Crippen LogP) is 4.23. The van der Waals surface area contributed by atoms with Gasteiger partial charge in [0.1, 0.15) is 5.82 Å². The first-order valence-electron chi connectivity index (χ1n) is 9.20. The molecule has 1 atom stereocenters. The van der Waals surface area contributed by atoms with Gasteiger partial charge in [0.05, 0.1) is 18.3 Å². The van der Waals surface area contributed by atoms with Crippen molar-refractivity contribution in [2.45, 2.75) is 26.4 Å². The zero-order valence-corrected chi connectivity index (χ0v) is 16.7. The predicted molar refractivity (Wildman–Crippen MR) is 113 cm³/mol. The molecule has 0 aliphatic heterocycles. The van der Waals surface area contributed by atoms with Gasteiger partial charge in [-0.15, -0.1) is 0 Å². The average molecular weight is 398 g/mol. The van der Waals surface area contributed by atoms with Crippen LogP contribution in [0.15, 0.2) is 54.9 Å². The summed E-state index contributed by atoms with van der Waals surface area (Å²) in [5.74, 6) is 1.37. The van der Waals surface area contributed by atoms with E-state index in [-0.39, 0.29) is 18.6 Å². The highest BCUT2D eigenvalue weighted by Gasteiger charge is 2.15. The molecule has 0 aliphatic carbocycles. The Morgan fingerprint density at radius 1 is 1.11 bits per heavy atom. The first kappa shape index (κ1) is 20.0. The van der Waals surface area contributed by atoms with E-state index in [1.807, 2.05) is 56.3 Å². The van der Waals surface area contributed by atoms with Gasteiger partial charge in [0.15, 0.2) is 0 Å². The van der Waals surface area contributed by atoms with Crippen LogP contribution >= 0.6 is 11.6 Å². The largest absolute Gasteiger partial charge is 0.394 e. The van der Waals surface area contributed by atoms with E-state index >= 15 is 0 Å². The summed E-state index contributed by atoms with van der Waals surface area (Å²) >= 11 is 6.07. The maximum absolute atomic E-state index is 9.64. The van der Waals surface area contributed by atoms with Gasteiger partial charge in [0, 0.05) is 35.6 Å². The second-order valence-electron chi connectivity index (χ2n) is 6.86. The number of aliphatic hydroxyl groups is 1. The Balaban J connectivity index is 1.88. The number of halogens is 1. The fourth-order valence-corrected chi connectivity index (χ4v) is 2.91. The molecule has 0 bridgehead atoms. The lowest BCUT2D eigenvalue weighted by atomic mass is 10.1. The molecule has 1 aromatic carbocycles. The fraction of sp³-hybridized carbons (Fsp3) is 0.286. The zero-order valence-electron chi connectivity index (χ0n) is 15.9. The van der Waals surface area contributed by atoms with Gasteiger partial charge < -0.3 is 15.7 Å². The number of aliphatic hydroxyl groups excluding tert-OH is 1. The van der Waals surface area contributed by atoms with E-state index in [0.29, 0.717) is 23.3 Å². The van der Waals surface area contributed by atoms with Gasteiger partial charge in [-0.2, -0.15) is 4.98 Å². The van der Waals surface area contributed by atoms with Crippen LogP contribution in [0.5, 0.6) is 0 Å². The highest BCUT2D eigenvalue weighted by atomic mass is 35.5. The topological polar surface area (TPSA) is 83.0 Å². The van der Waals surface area contributed by atoms with Crippen molar-refractivity contribution in [3.05, 3.63) is 65.4 Å². The second-order valence-corrected chi connectivity index (χ2v) is 7.30. The molecule has 0 radical (unpaired) electrons. The lowest BCUT2D eigenvalue weighted by Crippen LogP contribution is -2.30. The van der Waals surface area contributed by atoms with Crippen molar-refractivity contribution in [3.8, 4) is 11.3 Å². The number of rotatable bonds is 8. The molecular formula is C21H24ClN5O. The minimum atomic E-state index is -0.134. The molecule has 7 heteroatoms. The van der Waals surface area contributed by atoms with Crippen molar-refractivity contribution < 1.29 is 5.11 Å². The van der Waals surface area contributed by atoms with Crippen LogP contribution in [0.3, 0.4) is 0 Å². The number of anilines is 2. The smallest absolute Gasteiger partial charge is 0.225 e. The first-order chi connectivity index (χ1) is 13.5. The van der Waals surface area contributed by atoms with Crippen LogP contribution in [0.2, 0.25) is 5.02 Å². The number of pyridine rings is 1. The lowest BCUT2D eigenvalue weighted by molar-refractivity contribution is 0.248. The molecule has 0 saturated heterocycles. The first-order valence-corrected chi connectivity index (χ1v) is 9.58. The molecule has 0 fully saturated rings. The van der Waals surface area contributed by atoms with Gasteiger partial charge in [-0.05, 0) is 35.7 Å². The van der Waals surface area contributed by atoms with Crippen LogP contribution in [0.1, 0.15) is 19.4 Å². The van der Waals surface area contributed by atoms with Crippen LogP contribution < -0.4 is 10.6 Å². The van der Waals surface area contributed by atoms with Crippen molar-refractivity contribution in [1.82, 2.24) is 15.0 Å². The van der Waals surface area contributed by atoms with Crippen molar-refractivity contribution in [1.29, 1.82) is 0 Å². The monoisotopic (exact) mass is 397 g/mol. The highest BCUT2D eigenvalue weighted by Crippen LogP contribution is 2.22. The standard InChI is InChI=1S/C21H24ClN5O/c1-14(2)19(13-28)26-21-25-18(16-6-4-8-23-12-16)10-20(27-21)24-11-15-5-3-7-17(22)9-15/h3-10,12,14,19,28H,11,13H2,1-2H3,(H2,24,25,26,27)/t19-/m0/s1. The minimum Gasteiger partial charge on any atom is -0.394 e. The van der Waals surface area contributed by atoms with Gasteiger partial charge in [-0.3, -0.25) is 4.98 Å². The Hall–Kier alpha value is -2.70. The second kappa shape index (κ2) is 9.48. The summed E-state index contributed by atoms with van der Waals surface area (Å²) in [6.07, 6.45) is 3.49. The van der Waals surface area contributed by atoms with Gasteiger partial charge >= 0.3 is 0 Å². The highest BCUT2D eigenvalue weighted by molar-refractivity contribution is 6.30. The minimum absolute atomic E-state index is 0.00340.